The summed E-state index contributed by atoms with van der Waals surface area (Å²) < 4.78 is 1.67. The number of hydrogen-bond donors (Lipinski definition) is 1. The summed E-state index contributed by atoms with van der Waals surface area (Å²) in [4.78, 5) is 22.0. The molecule has 29 heavy (non-hydrogen) atoms. The molecule has 10 heteroatoms. The molecule has 4 heterocycles. The van der Waals surface area contributed by atoms with Crippen molar-refractivity contribution >= 4 is 34.7 Å². The fraction of sp³-hybridized carbons (Fsp3) is 0.263. The van der Waals surface area contributed by atoms with Crippen LogP contribution >= 0.6 is 23.1 Å². The van der Waals surface area contributed by atoms with Gasteiger partial charge in [0.2, 0.25) is 5.91 Å². The Balaban J connectivity index is 1.35. The summed E-state index contributed by atoms with van der Waals surface area (Å²) in [6.07, 6.45) is 4.17. The van der Waals surface area contributed by atoms with Crippen molar-refractivity contribution in [3.8, 4) is 11.4 Å². The van der Waals surface area contributed by atoms with Crippen molar-refractivity contribution in [2.75, 3.05) is 12.3 Å². The largest absolute Gasteiger partial charge is 0.355 e. The van der Waals surface area contributed by atoms with Crippen LogP contribution in [0.2, 0.25) is 0 Å². The molecule has 4 aromatic heterocycles. The van der Waals surface area contributed by atoms with Gasteiger partial charge in [-0.3, -0.25) is 9.78 Å². The molecule has 0 atom stereocenters. The molecule has 8 nitrogen and oxygen atoms in total. The van der Waals surface area contributed by atoms with Gasteiger partial charge in [-0.15, -0.1) is 21.5 Å². The maximum absolute atomic E-state index is 12.2. The number of carbonyl (C=O) groups excluding carboxylic acids is 1. The van der Waals surface area contributed by atoms with Gasteiger partial charge in [0, 0.05) is 35.8 Å². The van der Waals surface area contributed by atoms with Gasteiger partial charge in [0.05, 0.1) is 16.5 Å². The Morgan fingerprint density at radius 2 is 2.14 bits per heavy atom. The number of aryl methyl sites for hydroxylation is 2. The van der Waals surface area contributed by atoms with Gasteiger partial charge in [0.25, 0.3) is 0 Å². The number of thiazole rings is 1. The van der Waals surface area contributed by atoms with Gasteiger partial charge in [0.15, 0.2) is 11.5 Å². The third-order valence-electron chi connectivity index (χ3n) is 4.24. The highest BCUT2D eigenvalue weighted by Crippen LogP contribution is 2.20. The second-order valence-electron chi connectivity index (χ2n) is 6.34. The van der Waals surface area contributed by atoms with Crippen LogP contribution in [0.15, 0.2) is 41.7 Å². The second-order valence-corrected chi connectivity index (χ2v) is 8.63. The normalized spacial score (nSPS) is 11.1. The monoisotopic (exact) mass is 425 g/mol. The number of hydrogen-bond acceptors (Lipinski definition) is 8. The number of thioether (sulfide) groups is 1. The van der Waals surface area contributed by atoms with Crippen LogP contribution in [-0.4, -0.2) is 48.0 Å². The van der Waals surface area contributed by atoms with Crippen LogP contribution in [0, 0.1) is 13.8 Å². The molecule has 0 unspecified atom stereocenters. The first kappa shape index (κ1) is 19.5. The van der Waals surface area contributed by atoms with Crippen LogP contribution < -0.4 is 5.32 Å². The first-order valence-corrected chi connectivity index (χ1v) is 10.9. The maximum Gasteiger partial charge on any atom is 0.230 e. The average Bonchev–Trinajstić information content (AvgIpc) is 3.29. The van der Waals surface area contributed by atoms with Gasteiger partial charge in [-0.1, -0.05) is 11.8 Å². The maximum atomic E-state index is 12.2. The Bertz CT molecular complexity index is 1120. The molecule has 0 aliphatic carbocycles. The van der Waals surface area contributed by atoms with Crippen LogP contribution in [-0.2, 0) is 11.2 Å². The van der Waals surface area contributed by atoms with Crippen LogP contribution in [0.5, 0.6) is 0 Å². The molecule has 4 aromatic rings. The van der Waals surface area contributed by atoms with Crippen molar-refractivity contribution in [3.63, 3.8) is 0 Å². The Hall–Kier alpha value is -2.85. The predicted octanol–water partition coefficient (Wildman–Crippen LogP) is 2.71. The lowest BCUT2D eigenvalue weighted by atomic mass is 10.3. The molecule has 1 N–H and O–H groups in total. The fourth-order valence-electron chi connectivity index (χ4n) is 2.67. The summed E-state index contributed by atoms with van der Waals surface area (Å²) in [5.74, 6) is 0.880. The molecule has 0 aliphatic heterocycles. The molecule has 0 saturated carbocycles. The van der Waals surface area contributed by atoms with Crippen molar-refractivity contribution in [3.05, 3.63) is 52.2 Å². The van der Waals surface area contributed by atoms with Crippen molar-refractivity contribution in [1.82, 2.24) is 35.1 Å². The number of fused-ring (bicyclic) bond motifs is 1. The number of pyridine rings is 1. The van der Waals surface area contributed by atoms with E-state index >= 15 is 0 Å². The lowest BCUT2D eigenvalue weighted by molar-refractivity contribution is -0.118. The van der Waals surface area contributed by atoms with E-state index in [4.69, 9.17) is 0 Å². The lowest BCUT2D eigenvalue weighted by Gasteiger charge is -2.05. The van der Waals surface area contributed by atoms with Gasteiger partial charge in [-0.2, -0.15) is 9.61 Å². The van der Waals surface area contributed by atoms with Crippen molar-refractivity contribution in [1.29, 1.82) is 0 Å². The Morgan fingerprint density at radius 1 is 1.24 bits per heavy atom. The van der Waals surface area contributed by atoms with E-state index in [0.29, 0.717) is 23.8 Å². The van der Waals surface area contributed by atoms with Gasteiger partial charge in [0.1, 0.15) is 5.03 Å². The highest BCUT2D eigenvalue weighted by atomic mass is 32.2. The molecule has 148 valence electrons. The summed E-state index contributed by atoms with van der Waals surface area (Å²) in [5.41, 5.74) is 2.54. The van der Waals surface area contributed by atoms with E-state index in [2.05, 4.69) is 37.5 Å². The van der Waals surface area contributed by atoms with Gasteiger partial charge >= 0.3 is 0 Å². The third-order valence-corrected chi connectivity index (χ3v) is 6.30. The lowest BCUT2D eigenvalue weighted by Crippen LogP contribution is -2.27. The molecule has 4 rings (SSSR count). The number of amides is 1. The number of rotatable bonds is 7. The second kappa shape index (κ2) is 8.66. The van der Waals surface area contributed by atoms with Crippen LogP contribution in [0.4, 0.5) is 0 Å². The molecular formula is C19H19N7OS2. The van der Waals surface area contributed by atoms with Crippen LogP contribution in [0.3, 0.4) is 0 Å². The minimum absolute atomic E-state index is 0.0295. The summed E-state index contributed by atoms with van der Waals surface area (Å²) in [6, 6.07) is 7.43. The topological polar surface area (TPSA) is 98.0 Å². The molecule has 0 saturated heterocycles. The van der Waals surface area contributed by atoms with Crippen LogP contribution in [0.25, 0.3) is 17.0 Å². The summed E-state index contributed by atoms with van der Waals surface area (Å²) >= 11 is 3.06. The van der Waals surface area contributed by atoms with Crippen LogP contribution in [0.1, 0.15) is 15.6 Å². The Morgan fingerprint density at radius 3 is 2.90 bits per heavy atom. The Kier molecular flexibility index (Phi) is 5.81. The highest BCUT2D eigenvalue weighted by molar-refractivity contribution is 7.99. The van der Waals surface area contributed by atoms with Gasteiger partial charge < -0.3 is 5.32 Å². The van der Waals surface area contributed by atoms with Crippen molar-refractivity contribution in [2.45, 2.75) is 25.3 Å². The van der Waals surface area contributed by atoms with E-state index in [0.717, 1.165) is 27.7 Å². The van der Waals surface area contributed by atoms with Crippen molar-refractivity contribution < 1.29 is 4.79 Å². The van der Waals surface area contributed by atoms with E-state index < -0.39 is 0 Å². The molecule has 0 spiro atoms. The minimum Gasteiger partial charge on any atom is -0.355 e. The zero-order chi connectivity index (χ0) is 20.2. The van der Waals surface area contributed by atoms with Crippen molar-refractivity contribution in [2.24, 2.45) is 0 Å². The van der Waals surface area contributed by atoms with Gasteiger partial charge in [-0.25, -0.2) is 4.98 Å². The molecule has 0 aliphatic rings. The molecular weight excluding hydrogens is 406 g/mol. The first-order chi connectivity index (χ1) is 14.1. The first-order valence-electron chi connectivity index (χ1n) is 9.05. The molecule has 0 aromatic carbocycles. The number of aromatic nitrogens is 6. The van der Waals surface area contributed by atoms with E-state index in [9.17, 15) is 4.79 Å². The van der Waals surface area contributed by atoms with E-state index in [1.807, 2.05) is 31.2 Å². The standard InChI is InChI=1S/C19H19N7OS2/c1-12-13(2)29-17(22-12)7-9-21-16(27)11-28-18-6-5-15-23-24-19(26(15)25-18)14-4-3-8-20-10-14/h3-6,8,10H,7,9,11H2,1-2H3,(H,21,27). The quantitative estimate of drug-likeness (QED) is 0.455. The van der Waals surface area contributed by atoms with E-state index in [-0.39, 0.29) is 5.91 Å². The zero-order valence-electron chi connectivity index (χ0n) is 16.0. The Labute approximate surface area is 175 Å². The average molecular weight is 426 g/mol. The fourth-order valence-corrected chi connectivity index (χ4v) is 4.29. The molecule has 0 bridgehead atoms. The third kappa shape index (κ3) is 4.60. The summed E-state index contributed by atoms with van der Waals surface area (Å²) in [6.45, 7) is 4.64. The summed E-state index contributed by atoms with van der Waals surface area (Å²) in [5, 5.41) is 17.6. The predicted molar refractivity (Wildman–Crippen MR) is 113 cm³/mol. The van der Waals surface area contributed by atoms with Gasteiger partial charge in [-0.05, 0) is 38.1 Å². The number of nitrogens with one attached hydrogen (secondary N) is 1. The SMILES string of the molecule is Cc1nc(CCNC(=O)CSc2ccc3nnc(-c4cccnc4)n3n2)sc1C. The molecule has 0 fully saturated rings. The number of carbonyl (C=O) groups is 1. The van der Waals surface area contributed by atoms with E-state index in [1.165, 1.54) is 16.6 Å². The van der Waals surface area contributed by atoms with E-state index in [1.54, 1.807) is 28.2 Å². The summed E-state index contributed by atoms with van der Waals surface area (Å²) in [7, 11) is 0. The number of nitrogens with zero attached hydrogens (tertiary/aromatic N) is 6. The zero-order valence-corrected chi connectivity index (χ0v) is 17.6. The molecule has 1 amide bonds. The minimum atomic E-state index is -0.0295. The molecule has 0 radical (unpaired) electrons. The highest BCUT2D eigenvalue weighted by Gasteiger charge is 2.11. The smallest absolute Gasteiger partial charge is 0.230 e.